The molecule has 148 valence electrons. The van der Waals surface area contributed by atoms with Crippen molar-refractivity contribution in [3.05, 3.63) is 59.7 Å². The quantitative estimate of drug-likeness (QED) is 0.273. The number of hydrogen-bond donors (Lipinski definition) is 2. The molecule has 0 aliphatic rings. The molecule has 1 aromatic carbocycles. The van der Waals surface area contributed by atoms with Crippen molar-refractivity contribution in [2.45, 2.75) is 13.5 Å². The molecule has 0 bridgehead atoms. The van der Waals surface area contributed by atoms with E-state index in [0.717, 1.165) is 19.0 Å². The van der Waals surface area contributed by atoms with Crippen LogP contribution in [0, 0.1) is 5.82 Å². The Kier molecular flexibility index (Phi) is 9.84. The first-order chi connectivity index (χ1) is 12.5. The van der Waals surface area contributed by atoms with E-state index in [2.05, 4.69) is 26.3 Å². The number of aromatic nitrogens is 1. The maximum Gasteiger partial charge on any atom is 0.254 e. The van der Waals surface area contributed by atoms with Gasteiger partial charge in [-0.15, -0.1) is 24.0 Å². The van der Waals surface area contributed by atoms with Crippen molar-refractivity contribution >= 4 is 35.8 Å². The van der Waals surface area contributed by atoms with E-state index in [0.29, 0.717) is 13.1 Å². The lowest BCUT2D eigenvalue weighted by Crippen LogP contribution is -2.39. The number of amides is 1. The molecular weight excluding hydrogens is 460 g/mol. The Morgan fingerprint density at radius 3 is 2.59 bits per heavy atom. The van der Waals surface area contributed by atoms with Crippen LogP contribution in [-0.4, -0.2) is 48.0 Å². The lowest BCUT2D eigenvalue weighted by molar-refractivity contribution is 0.0951. The molecule has 2 rings (SSSR count). The van der Waals surface area contributed by atoms with Gasteiger partial charge in [-0.3, -0.25) is 9.79 Å². The zero-order valence-electron chi connectivity index (χ0n) is 15.9. The van der Waals surface area contributed by atoms with Gasteiger partial charge in [0.15, 0.2) is 5.96 Å². The zero-order chi connectivity index (χ0) is 18.9. The molecule has 1 heterocycles. The van der Waals surface area contributed by atoms with Gasteiger partial charge in [-0.25, -0.2) is 4.39 Å². The largest absolute Gasteiger partial charge is 0.357 e. The Labute approximate surface area is 176 Å². The topological polar surface area (TPSA) is 61.7 Å². The minimum atomic E-state index is -0.524. The number of nitrogens with zero attached hydrogens (tertiary/aromatic N) is 3. The van der Waals surface area contributed by atoms with E-state index < -0.39 is 11.7 Å². The molecule has 6 nitrogen and oxygen atoms in total. The van der Waals surface area contributed by atoms with E-state index in [4.69, 9.17) is 0 Å². The number of nitrogens with one attached hydrogen (secondary N) is 2. The van der Waals surface area contributed by atoms with Gasteiger partial charge in [0.1, 0.15) is 5.82 Å². The molecule has 0 saturated carbocycles. The number of carbonyl (C=O) groups excluding carboxylic acids is 1. The first-order valence-electron chi connectivity index (χ1n) is 8.65. The second-order valence-corrected chi connectivity index (χ2v) is 5.94. The van der Waals surface area contributed by atoms with Gasteiger partial charge >= 0.3 is 0 Å². The minimum Gasteiger partial charge on any atom is -0.357 e. The van der Waals surface area contributed by atoms with Crippen LogP contribution in [0.25, 0.3) is 0 Å². The fraction of sp³-hybridized carbons (Fsp3) is 0.368. The third-order valence-electron chi connectivity index (χ3n) is 3.92. The van der Waals surface area contributed by atoms with E-state index in [1.165, 1.54) is 17.8 Å². The van der Waals surface area contributed by atoms with E-state index in [1.54, 1.807) is 12.1 Å². The lowest BCUT2D eigenvalue weighted by atomic mass is 10.2. The summed E-state index contributed by atoms with van der Waals surface area (Å²) in [5.74, 6) is -0.196. The highest BCUT2D eigenvalue weighted by atomic mass is 127. The first-order valence-corrected chi connectivity index (χ1v) is 8.65. The number of rotatable bonds is 7. The van der Waals surface area contributed by atoms with Crippen LogP contribution in [0.1, 0.15) is 23.0 Å². The third kappa shape index (κ3) is 6.85. The van der Waals surface area contributed by atoms with E-state index in [9.17, 15) is 9.18 Å². The lowest BCUT2D eigenvalue weighted by Gasteiger charge is -2.22. The summed E-state index contributed by atoms with van der Waals surface area (Å²) in [5, 5.41) is 5.93. The average molecular weight is 487 g/mol. The number of guanidine groups is 1. The molecular formula is C19H27FIN5O. The molecule has 0 aliphatic heterocycles. The highest BCUT2D eigenvalue weighted by molar-refractivity contribution is 14.0. The van der Waals surface area contributed by atoms with Gasteiger partial charge in [0.05, 0.1) is 18.7 Å². The average Bonchev–Trinajstić information content (AvgIpc) is 3.02. The number of carbonyl (C=O) groups is 1. The van der Waals surface area contributed by atoms with Crippen molar-refractivity contribution < 1.29 is 9.18 Å². The number of benzene rings is 1. The zero-order valence-corrected chi connectivity index (χ0v) is 18.2. The molecule has 0 radical (unpaired) electrons. The van der Waals surface area contributed by atoms with Crippen LogP contribution in [0.15, 0.2) is 47.6 Å². The van der Waals surface area contributed by atoms with Gasteiger partial charge in [-0.05, 0) is 31.2 Å². The highest BCUT2D eigenvalue weighted by Gasteiger charge is 2.10. The maximum atomic E-state index is 13.6. The SMILES string of the molecule is CCNC(=NCCNC(=O)c1ccccc1F)N(C)Cc1cccn1C.I. The van der Waals surface area contributed by atoms with Crippen LogP contribution >= 0.6 is 24.0 Å². The summed E-state index contributed by atoms with van der Waals surface area (Å²) >= 11 is 0. The minimum absolute atomic E-state index is 0. The summed E-state index contributed by atoms with van der Waals surface area (Å²) in [6.45, 7) is 4.21. The summed E-state index contributed by atoms with van der Waals surface area (Å²) in [4.78, 5) is 18.5. The molecule has 8 heteroatoms. The summed E-state index contributed by atoms with van der Waals surface area (Å²) in [7, 11) is 3.97. The van der Waals surface area contributed by atoms with Crippen LogP contribution in [0.4, 0.5) is 4.39 Å². The van der Waals surface area contributed by atoms with Crippen LogP contribution in [0.3, 0.4) is 0 Å². The number of halogens is 2. The van der Waals surface area contributed by atoms with Crippen LogP contribution in [0.2, 0.25) is 0 Å². The summed E-state index contributed by atoms with van der Waals surface area (Å²) in [6.07, 6.45) is 2.01. The van der Waals surface area contributed by atoms with Crippen molar-refractivity contribution in [2.24, 2.45) is 12.0 Å². The molecule has 2 aromatic rings. The molecule has 0 atom stereocenters. The Balaban J connectivity index is 0.00000364. The predicted molar refractivity (Wildman–Crippen MR) is 117 cm³/mol. The standard InChI is InChI=1S/C19H26FN5O.HI/c1-4-21-19(25(3)14-15-8-7-13-24(15)2)23-12-11-22-18(26)16-9-5-6-10-17(16)20;/h5-10,13H,4,11-12,14H2,1-3H3,(H,21,23)(H,22,26);1H. The Morgan fingerprint density at radius 2 is 1.96 bits per heavy atom. The van der Waals surface area contributed by atoms with Crippen LogP contribution in [0.5, 0.6) is 0 Å². The van der Waals surface area contributed by atoms with Crippen LogP contribution in [-0.2, 0) is 13.6 Å². The predicted octanol–water partition coefficient (Wildman–Crippen LogP) is 2.61. The molecule has 0 spiro atoms. The van der Waals surface area contributed by atoms with Crippen molar-refractivity contribution in [1.29, 1.82) is 0 Å². The Morgan fingerprint density at radius 1 is 1.22 bits per heavy atom. The summed E-state index contributed by atoms with van der Waals surface area (Å²) in [6, 6.07) is 10.0. The smallest absolute Gasteiger partial charge is 0.254 e. The molecule has 27 heavy (non-hydrogen) atoms. The number of aryl methyl sites for hydroxylation is 1. The van der Waals surface area contributed by atoms with Gasteiger partial charge < -0.3 is 20.1 Å². The van der Waals surface area contributed by atoms with Crippen LogP contribution < -0.4 is 10.6 Å². The monoisotopic (exact) mass is 487 g/mol. The second kappa shape index (κ2) is 11.6. The summed E-state index contributed by atoms with van der Waals surface area (Å²) in [5.41, 5.74) is 1.22. The normalized spacial score (nSPS) is 10.9. The fourth-order valence-electron chi connectivity index (χ4n) is 2.52. The van der Waals surface area contributed by atoms with Gasteiger partial charge in [0, 0.05) is 39.1 Å². The molecule has 0 saturated heterocycles. The molecule has 1 aromatic heterocycles. The second-order valence-electron chi connectivity index (χ2n) is 5.94. The summed E-state index contributed by atoms with van der Waals surface area (Å²) < 4.78 is 15.7. The van der Waals surface area contributed by atoms with E-state index in [-0.39, 0.29) is 29.5 Å². The highest BCUT2D eigenvalue weighted by Crippen LogP contribution is 2.06. The van der Waals surface area contributed by atoms with Crippen molar-refractivity contribution in [3.8, 4) is 0 Å². The van der Waals surface area contributed by atoms with E-state index in [1.807, 2.05) is 38.2 Å². The number of aliphatic imine (C=N–C) groups is 1. The molecule has 1 amide bonds. The van der Waals surface area contributed by atoms with Gasteiger partial charge in [-0.1, -0.05) is 12.1 Å². The van der Waals surface area contributed by atoms with Gasteiger partial charge in [0.2, 0.25) is 0 Å². The first kappa shape index (κ1) is 22.9. The van der Waals surface area contributed by atoms with E-state index >= 15 is 0 Å². The van der Waals surface area contributed by atoms with Crippen molar-refractivity contribution in [2.75, 3.05) is 26.7 Å². The third-order valence-corrected chi connectivity index (χ3v) is 3.92. The van der Waals surface area contributed by atoms with Gasteiger partial charge in [0.25, 0.3) is 5.91 Å². The molecule has 0 unspecified atom stereocenters. The fourth-order valence-corrected chi connectivity index (χ4v) is 2.52. The Hall–Kier alpha value is -2.10. The van der Waals surface area contributed by atoms with Gasteiger partial charge in [-0.2, -0.15) is 0 Å². The van der Waals surface area contributed by atoms with Crippen molar-refractivity contribution in [3.63, 3.8) is 0 Å². The Bertz CT molecular complexity index is 762. The van der Waals surface area contributed by atoms with Crippen molar-refractivity contribution in [1.82, 2.24) is 20.1 Å². The molecule has 0 fully saturated rings. The molecule has 2 N–H and O–H groups in total. The maximum absolute atomic E-state index is 13.6. The number of hydrogen-bond acceptors (Lipinski definition) is 2. The molecule has 0 aliphatic carbocycles.